The van der Waals surface area contributed by atoms with Gasteiger partial charge in [0.05, 0.1) is 17.2 Å². The number of ether oxygens (including phenoxy) is 1. The molecule has 0 saturated carbocycles. The number of carbonyl (C=O) groups excluding carboxylic acids is 1. The number of rotatable bonds is 6. The van der Waals surface area contributed by atoms with Gasteiger partial charge in [0.25, 0.3) is 0 Å². The summed E-state index contributed by atoms with van der Waals surface area (Å²) < 4.78 is 5.15. The van der Waals surface area contributed by atoms with E-state index < -0.39 is 5.97 Å². The van der Waals surface area contributed by atoms with E-state index in [1.165, 1.54) is 17.0 Å². The highest BCUT2D eigenvalue weighted by atomic mass is 35.5. The van der Waals surface area contributed by atoms with Gasteiger partial charge in [-0.3, -0.25) is 0 Å². The summed E-state index contributed by atoms with van der Waals surface area (Å²) in [6.07, 6.45) is 0. The van der Waals surface area contributed by atoms with E-state index in [1.807, 2.05) is 6.92 Å². The standard InChI is InChI=1S/C13H17ClN2O4/c1-3-20-7-6-16(2)13(19)15-9-4-5-11(14)10(8-9)12(17)18/h4-5,8H,3,6-7H2,1-2H3,(H,15,19)(H,17,18). The van der Waals surface area contributed by atoms with Gasteiger partial charge in [0.15, 0.2) is 0 Å². The lowest BCUT2D eigenvalue weighted by atomic mass is 10.2. The van der Waals surface area contributed by atoms with Crippen molar-refractivity contribution >= 4 is 29.3 Å². The number of urea groups is 1. The summed E-state index contributed by atoms with van der Waals surface area (Å²) in [5.74, 6) is -1.14. The number of carboxylic acid groups (broad SMARTS) is 1. The Morgan fingerprint density at radius 1 is 1.45 bits per heavy atom. The first kappa shape index (κ1) is 16.3. The quantitative estimate of drug-likeness (QED) is 0.791. The Balaban J connectivity index is 2.66. The Hall–Kier alpha value is -1.79. The van der Waals surface area contributed by atoms with Crippen LogP contribution in [0.2, 0.25) is 5.02 Å². The average molecular weight is 301 g/mol. The third kappa shape index (κ3) is 4.71. The molecule has 0 unspecified atom stereocenters. The number of carboxylic acids is 1. The van der Waals surface area contributed by atoms with Gasteiger partial charge in [-0.1, -0.05) is 11.6 Å². The van der Waals surface area contributed by atoms with Crippen LogP contribution < -0.4 is 5.32 Å². The molecule has 0 radical (unpaired) electrons. The van der Waals surface area contributed by atoms with E-state index in [0.717, 1.165) is 0 Å². The van der Waals surface area contributed by atoms with Gasteiger partial charge < -0.3 is 20.1 Å². The van der Waals surface area contributed by atoms with Crippen LogP contribution in [0.25, 0.3) is 0 Å². The molecule has 0 heterocycles. The topological polar surface area (TPSA) is 78.9 Å². The highest BCUT2D eigenvalue weighted by Gasteiger charge is 2.12. The zero-order chi connectivity index (χ0) is 15.1. The molecule has 0 bridgehead atoms. The SMILES string of the molecule is CCOCCN(C)C(=O)Nc1ccc(Cl)c(C(=O)O)c1. The number of halogens is 1. The van der Waals surface area contributed by atoms with Crippen molar-refractivity contribution in [3.63, 3.8) is 0 Å². The number of aromatic carboxylic acids is 1. The molecule has 6 nitrogen and oxygen atoms in total. The third-order valence-electron chi connectivity index (χ3n) is 2.57. The fraction of sp³-hybridized carbons (Fsp3) is 0.385. The zero-order valence-corrected chi connectivity index (χ0v) is 12.1. The minimum Gasteiger partial charge on any atom is -0.478 e. The summed E-state index contributed by atoms with van der Waals surface area (Å²) in [4.78, 5) is 24.2. The van der Waals surface area contributed by atoms with Crippen molar-refractivity contribution in [2.24, 2.45) is 0 Å². The molecule has 2 amide bonds. The van der Waals surface area contributed by atoms with E-state index in [2.05, 4.69) is 5.32 Å². The number of anilines is 1. The summed E-state index contributed by atoms with van der Waals surface area (Å²) in [6.45, 7) is 3.36. The molecule has 0 aliphatic carbocycles. The van der Waals surface area contributed by atoms with Gasteiger partial charge in [0, 0.05) is 25.9 Å². The van der Waals surface area contributed by atoms with Crippen molar-refractivity contribution < 1.29 is 19.4 Å². The molecule has 2 N–H and O–H groups in total. The van der Waals surface area contributed by atoms with Gasteiger partial charge in [0.2, 0.25) is 0 Å². The molecule has 110 valence electrons. The van der Waals surface area contributed by atoms with E-state index in [1.54, 1.807) is 13.1 Å². The zero-order valence-electron chi connectivity index (χ0n) is 11.4. The van der Waals surface area contributed by atoms with E-state index in [-0.39, 0.29) is 16.6 Å². The molecule has 0 atom stereocenters. The number of nitrogens with zero attached hydrogens (tertiary/aromatic N) is 1. The number of nitrogens with one attached hydrogen (secondary N) is 1. The molecule has 20 heavy (non-hydrogen) atoms. The van der Waals surface area contributed by atoms with Gasteiger partial charge in [0.1, 0.15) is 0 Å². The minimum absolute atomic E-state index is 0.0542. The molecule has 7 heteroatoms. The lowest BCUT2D eigenvalue weighted by Gasteiger charge is -2.18. The molecule has 0 aliphatic rings. The van der Waals surface area contributed by atoms with Crippen molar-refractivity contribution in [1.29, 1.82) is 0 Å². The van der Waals surface area contributed by atoms with Crippen molar-refractivity contribution in [1.82, 2.24) is 4.90 Å². The van der Waals surface area contributed by atoms with Crippen molar-refractivity contribution in [3.05, 3.63) is 28.8 Å². The number of carbonyl (C=O) groups is 2. The Kier molecular flexibility index (Phi) is 6.27. The average Bonchev–Trinajstić information content (AvgIpc) is 2.40. The summed E-state index contributed by atoms with van der Waals surface area (Å²) in [5, 5.41) is 11.7. The van der Waals surface area contributed by atoms with Crippen LogP contribution in [0.1, 0.15) is 17.3 Å². The molecule has 0 spiro atoms. The van der Waals surface area contributed by atoms with Crippen molar-refractivity contribution in [3.8, 4) is 0 Å². The maximum Gasteiger partial charge on any atom is 0.337 e. The van der Waals surface area contributed by atoms with Crippen LogP contribution in [-0.2, 0) is 4.74 Å². The predicted molar refractivity (Wildman–Crippen MR) is 76.6 cm³/mol. The maximum absolute atomic E-state index is 11.9. The van der Waals surface area contributed by atoms with E-state index in [4.69, 9.17) is 21.4 Å². The molecule has 0 saturated heterocycles. The second-order valence-electron chi connectivity index (χ2n) is 4.05. The number of hydrogen-bond acceptors (Lipinski definition) is 3. The first-order valence-electron chi connectivity index (χ1n) is 6.08. The molecule has 0 aromatic heterocycles. The summed E-state index contributed by atoms with van der Waals surface area (Å²) in [5.41, 5.74) is 0.321. The van der Waals surface area contributed by atoms with E-state index in [0.29, 0.717) is 25.4 Å². The lowest BCUT2D eigenvalue weighted by molar-refractivity contribution is 0.0697. The molecule has 1 rings (SSSR count). The van der Waals surface area contributed by atoms with E-state index >= 15 is 0 Å². The Morgan fingerprint density at radius 3 is 2.75 bits per heavy atom. The maximum atomic E-state index is 11.9. The molecular weight excluding hydrogens is 284 g/mol. The monoisotopic (exact) mass is 300 g/mol. The third-order valence-corrected chi connectivity index (χ3v) is 2.90. The molecule has 0 fully saturated rings. The lowest BCUT2D eigenvalue weighted by Crippen LogP contribution is -2.34. The van der Waals surface area contributed by atoms with Crippen LogP contribution >= 0.6 is 11.6 Å². The van der Waals surface area contributed by atoms with Gasteiger partial charge >= 0.3 is 12.0 Å². The second kappa shape index (κ2) is 7.72. The van der Waals surface area contributed by atoms with Crippen LogP contribution in [0.3, 0.4) is 0 Å². The van der Waals surface area contributed by atoms with E-state index in [9.17, 15) is 9.59 Å². The van der Waals surface area contributed by atoms with Gasteiger partial charge in [-0.2, -0.15) is 0 Å². The second-order valence-corrected chi connectivity index (χ2v) is 4.46. The smallest absolute Gasteiger partial charge is 0.337 e. The number of hydrogen-bond donors (Lipinski definition) is 2. The fourth-order valence-corrected chi connectivity index (χ4v) is 1.63. The van der Waals surface area contributed by atoms with Gasteiger partial charge in [-0.15, -0.1) is 0 Å². The van der Waals surface area contributed by atoms with Crippen LogP contribution in [0.4, 0.5) is 10.5 Å². The van der Waals surface area contributed by atoms with Gasteiger partial charge in [-0.05, 0) is 25.1 Å². The summed E-state index contributed by atoms with van der Waals surface area (Å²) in [7, 11) is 1.63. The van der Waals surface area contributed by atoms with Crippen LogP contribution in [0.15, 0.2) is 18.2 Å². The fourth-order valence-electron chi connectivity index (χ4n) is 1.43. The van der Waals surface area contributed by atoms with Crippen molar-refractivity contribution in [2.75, 3.05) is 32.1 Å². The van der Waals surface area contributed by atoms with Gasteiger partial charge in [-0.25, -0.2) is 9.59 Å². The Labute approximate surface area is 122 Å². The summed E-state index contributed by atoms with van der Waals surface area (Å²) in [6, 6.07) is 3.95. The Bertz CT molecular complexity index is 493. The van der Waals surface area contributed by atoms with Crippen LogP contribution in [-0.4, -0.2) is 48.8 Å². The molecule has 1 aromatic carbocycles. The molecule has 1 aromatic rings. The molecular formula is C13H17ClN2O4. The highest BCUT2D eigenvalue weighted by Crippen LogP contribution is 2.20. The van der Waals surface area contributed by atoms with Crippen LogP contribution in [0, 0.1) is 0 Å². The predicted octanol–water partition coefficient (Wildman–Crippen LogP) is 2.54. The summed E-state index contributed by atoms with van der Waals surface area (Å²) >= 11 is 5.75. The normalized spacial score (nSPS) is 10.2. The number of amides is 2. The highest BCUT2D eigenvalue weighted by molar-refractivity contribution is 6.33. The largest absolute Gasteiger partial charge is 0.478 e. The molecule has 0 aliphatic heterocycles. The first-order chi connectivity index (χ1) is 9.45. The Morgan fingerprint density at radius 2 is 2.15 bits per heavy atom. The van der Waals surface area contributed by atoms with Crippen LogP contribution in [0.5, 0.6) is 0 Å². The van der Waals surface area contributed by atoms with Crippen molar-refractivity contribution in [2.45, 2.75) is 6.92 Å². The first-order valence-corrected chi connectivity index (χ1v) is 6.46. The minimum atomic E-state index is -1.14. The number of benzene rings is 1. The number of likely N-dealkylation sites (N-methyl/N-ethyl adjacent to an activating group) is 1.